The monoisotopic (exact) mass is 370 g/mol. The lowest BCUT2D eigenvalue weighted by atomic mass is 10.1. The van der Waals surface area contributed by atoms with Gasteiger partial charge in [0.25, 0.3) is 0 Å². The van der Waals surface area contributed by atoms with Crippen molar-refractivity contribution in [3.8, 4) is 11.3 Å². The van der Waals surface area contributed by atoms with Gasteiger partial charge >= 0.3 is 6.03 Å². The second kappa shape index (κ2) is 7.19. The number of imidazole rings is 1. The zero-order valence-corrected chi connectivity index (χ0v) is 16.2. The summed E-state index contributed by atoms with van der Waals surface area (Å²) in [7, 11) is 0. The highest BCUT2D eigenvalue weighted by atomic mass is 16.2. The third kappa shape index (κ3) is 3.47. The van der Waals surface area contributed by atoms with Gasteiger partial charge in [-0.1, -0.05) is 30.3 Å². The van der Waals surface area contributed by atoms with Crippen LogP contribution in [0.1, 0.15) is 16.7 Å². The van der Waals surface area contributed by atoms with E-state index in [2.05, 4.69) is 10.6 Å². The molecule has 4 rings (SSSR count). The Kier molecular flexibility index (Phi) is 4.57. The molecular formula is C23H22N4O. The number of anilines is 2. The fourth-order valence-electron chi connectivity index (χ4n) is 3.22. The van der Waals surface area contributed by atoms with E-state index in [4.69, 9.17) is 4.98 Å². The third-order valence-corrected chi connectivity index (χ3v) is 4.95. The van der Waals surface area contributed by atoms with Crippen molar-refractivity contribution in [2.45, 2.75) is 20.8 Å². The van der Waals surface area contributed by atoms with Crippen molar-refractivity contribution in [1.82, 2.24) is 9.38 Å². The molecule has 5 nitrogen and oxygen atoms in total. The molecule has 0 aliphatic carbocycles. The molecule has 2 aromatic carbocycles. The Morgan fingerprint density at radius 3 is 2.54 bits per heavy atom. The average Bonchev–Trinajstić information content (AvgIpc) is 3.11. The lowest BCUT2D eigenvalue weighted by molar-refractivity contribution is 0.262. The number of hydrogen-bond acceptors (Lipinski definition) is 2. The number of carbonyl (C=O) groups is 1. The van der Waals surface area contributed by atoms with Gasteiger partial charge in [-0.05, 0) is 61.7 Å². The molecule has 0 saturated heterocycles. The third-order valence-electron chi connectivity index (χ3n) is 4.95. The Labute approximate surface area is 164 Å². The van der Waals surface area contributed by atoms with Gasteiger partial charge in [-0.15, -0.1) is 0 Å². The van der Waals surface area contributed by atoms with E-state index in [0.29, 0.717) is 5.69 Å². The van der Waals surface area contributed by atoms with Crippen LogP contribution in [-0.2, 0) is 0 Å². The van der Waals surface area contributed by atoms with Crippen LogP contribution < -0.4 is 10.6 Å². The van der Waals surface area contributed by atoms with Crippen molar-refractivity contribution in [2.24, 2.45) is 0 Å². The van der Waals surface area contributed by atoms with Crippen LogP contribution in [0.2, 0.25) is 0 Å². The van der Waals surface area contributed by atoms with E-state index >= 15 is 0 Å². The summed E-state index contributed by atoms with van der Waals surface area (Å²) in [6, 6.07) is 17.3. The summed E-state index contributed by atoms with van der Waals surface area (Å²) in [5.41, 5.74) is 7.60. The summed E-state index contributed by atoms with van der Waals surface area (Å²) in [5, 5.41) is 5.83. The van der Waals surface area contributed by atoms with E-state index in [1.165, 1.54) is 0 Å². The van der Waals surface area contributed by atoms with Gasteiger partial charge in [0.15, 0.2) is 0 Å². The fourth-order valence-corrected chi connectivity index (χ4v) is 3.22. The molecule has 0 saturated carbocycles. The first-order chi connectivity index (χ1) is 13.5. The van der Waals surface area contributed by atoms with Crippen LogP contribution >= 0.6 is 0 Å². The predicted molar refractivity (Wildman–Crippen MR) is 114 cm³/mol. The van der Waals surface area contributed by atoms with Crippen LogP contribution in [0.3, 0.4) is 0 Å². The molecule has 4 aromatic rings. The highest BCUT2D eigenvalue weighted by Crippen LogP contribution is 2.24. The van der Waals surface area contributed by atoms with E-state index in [0.717, 1.165) is 39.3 Å². The molecule has 0 aliphatic rings. The van der Waals surface area contributed by atoms with Crippen LogP contribution in [0.15, 0.2) is 67.0 Å². The second-order valence-corrected chi connectivity index (χ2v) is 6.96. The van der Waals surface area contributed by atoms with E-state index in [9.17, 15) is 4.79 Å². The molecule has 140 valence electrons. The van der Waals surface area contributed by atoms with E-state index in [1.807, 2.05) is 92.2 Å². The first kappa shape index (κ1) is 17.8. The number of amides is 2. The van der Waals surface area contributed by atoms with Crippen LogP contribution in [0.4, 0.5) is 16.2 Å². The van der Waals surface area contributed by atoms with Gasteiger partial charge in [-0.2, -0.15) is 0 Å². The quantitative estimate of drug-likeness (QED) is 0.495. The Bertz CT molecular complexity index is 1180. The van der Waals surface area contributed by atoms with Gasteiger partial charge in [0.2, 0.25) is 0 Å². The van der Waals surface area contributed by atoms with E-state index in [-0.39, 0.29) is 6.03 Å². The Morgan fingerprint density at radius 2 is 1.71 bits per heavy atom. The number of nitrogens with zero attached hydrogens (tertiary/aromatic N) is 2. The van der Waals surface area contributed by atoms with Crippen molar-refractivity contribution in [2.75, 3.05) is 10.6 Å². The minimum absolute atomic E-state index is 0.267. The lowest BCUT2D eigenvalue weighted by Gasteiger charge is -2.12. The molecule has 5 heteroatoms. The molecular weight excluding hydrogens is 348 g/mol. The number of aromatic nitrogens is 2. The fraction of sp³-hybridized carbons (Fsp3) is 0.130. The lowest BCUT2D eigenvalue weighted by Crippen LogP contribution is -2.20. The predicted octanol–water partition coefficient (Wildman–Crippen LogP) is 5.57. The summed E-state index contributed by atoms with van der Waals surface area (Å²) >= 11 is 0. The molecule has 0 atom stereocenters. The molecule has 0 radical (unpaired) electrons. The SMILES string of the molecule is Cc1cccc(NC(=O)Nc2cccc(-c3cn4cccc(C)c4n3)c2)c1C. The van der Waals surface area contributed by atoms with Crippen molar-refractivity contribution in [3.05, 3.63) is 83.7 Å². The minimum atomic E-state index is -0.267. The maximum Gasteiger partial charge on any atom is 0.323 e. The summed E-state index contributed by atoms with van der Waals surface area (Å²) in [6.45, 7) is 6.07. The maximum absolute atomic E-state index is 12.4. The molecule has 0 spiro atoms. The van der Waals surface area contributed by atoms with Crippen LogP contribution in [0.25, 0.3) is 16.9 Å². The highest BCUT2D eigenvalue weighted by Gasteiger charge is 2.09. The molecule has 0 unspecified atom stereocenters. The van der Waals surface area contributed by atoms with Gasteiger partial charge in [-0.25, -0.2) is 9.78 Å². The van der Waals surface area contributed by atoms with Crippen molar-refractivity contribution >= 4 is 23.1 Å². The number of rotatable bonds is 3. The number of fused-ring (bicyclic) bond motifs is 1. The summed E-state index contributed by atoms with van der Waals surface area (Å²) in [4.78, 5) is 17.2. The normalized spacial score (nSPS) is 10.8. The van der Waals surface area contributed by atoms with Gasteiger partial charge in [-0.3, -0.25) is 0 Å². The standard InChI is InChI=1S/C23H22N4O/c1-15-7-4-11-20(17(15)3)26-23(28)24-19-10-5-9-18(13-19)21-14-27-12-6-8-16(2)22(27)25-21/h4-14H,1-3H3,(H2,24,26,28). The summed E-state index contributed by atoms with van der Waals surface area (Å²) in [5.74, 6) is 0. The molecule has 0 aliphatic heterocycles. The largest absolute Gasteiger partial charge is 0.323 e. The molecule has 2 N–H and O–H groups in total. The molecule has 28 heavy (non-hydrogen) atoms. The number of nitrogens with one attached hydrogen (secondary N) is 2. The van der Waals surface area contributed by atoms with Crippen molar-refractivity contribution in [1.29, 1.82) is 0 Å². The van der Waals surface area contributed by atoms with Crippen LogP contribution in [0, 0.1) is 20.8 Å². The molecule has 0 bridgehead atoms. The first-order valence-corrected chi connectivity index (χ1v) is 9.20. The topological polar surface area (TPSA) is 58.4 Å². The average molecular weight is 370 g/mol. The second-order valence-electron chi connectivity index (χ2n) is 6.96. The van der Waals surface area contributed by atoms with Crippen LogP contribution in [0.5, 0.6) is 0 Å². The van der Waals surface area contributed by atoms with Crippen molar-refractivity contribution < 1.29 is 4.79 Å². The highest BCUT2D eigenvalue weighted by molar-refractivity contribution is 6.00. The molecule has 2 amide bonds. The number of urea groups is 1. The number of carbonyl (C=O) groups excluding carboxylic acids is 1. The van der Waals surface area contributed by atoms with E-state index in [1.54, 1.807) is 0 Å². The van der Waals surface area contributed by atoms with Gasteiger partial charge in [0, 0.05) is 29.3 Å². The zero-order chi connectivity index (χ0) is 19.7. The Hall–Kier alpha value is -3.60. The van der Waals surface area contributed by atoms with Gasteiger partial charge in [0.05, 0.1) is 5.69 Å². The Morgan fingerprint density at radius 1 is 0.929 bits per heavy atom. The number of benzene rings is 2. The van der Waals surface area contributed by atoms with Gasteiger partial charge in [0.1, 0.15) is 5.65 Å². The smallest absolute Gasteiger partial charge is 0.308 e. The zero-order valence-electron chi connectivity index (χ0n) is 16.2. The number of pyridine rings is 1. The number of aryl methyl sites for hydroxylation is 2. The molecule has 2 heterocycles. The summed E-state index contributed by atoms with van der Waals surface area (Å²) in [6.07, 6.45) is 3.98. The number of hydrogen-bond donors (Lipinski definition) is 2. The first-order valence-electron chi connectivity index (χ1n) is 9.20. The maximum atomic E-state index is 12.4. The summed E-state index contributed by atoms with van der Waals surface area (Å²) < 4.78 is 2.01. The molecule has 0 fully saturated rings. The Balaban J connectivity index is 1.55. The molecule has 2 aromatic heterocycles. The minimum Gasteiger partial charge on any atom is -0.308 e. The van der Waals surface area contributed by atoms with Crippen molar-refractivity contribution in [3.63, 3.8) is 0 Å². The van der Waals surface area contributed by atoms with Gasteiger partial charge < -0.3 is 15.0 Å². The van der Waals surface area contributed by atoms with Crippen LogP contribution in [-0.4, -0.2) is 15.4 Å². The van der Waals surface area contributed by atoms with E-state index < -0.39 is 0 Å².